The zero-order valence-electron chi connectivity index (χ0n) is 12.4. The minimum Gasteiger partial charge on any atom is -0.305 e. The summed E-state index contributed by atoms with van der Waals surface area (Å²) >= 11 is 0. The van der Waals surface area contributed by atoms with Crippen LogP contribution in [0.3, 0.4) is 0 Å². The Kier molecular flexibility index (Phi) is 6.35. The number of likely N-dealkylation sites (N-methyl/N-ethyl adjacent to an activating group) is 1. The Labute approximate surface area is 132 Å². The van der Waals surface area contributed by atoms with Gasteiger partial charge in [0.05, 0.1) is 0 Å². The molecule has 0 aliphatic carbocycles. The summed E-state index contributed by atoms with van der Waals surface area (Å²) in [7, 11) is 3.86. The molecule has 0 atom stereocenters. The van der Waals surface area contributed by atoms with Gasteiger partial charge in [0.25, 0.3) is 0 Å². The van der Waals surface area contributed by atoms with Crippen LogP contribution in [0.15, 0.2) is 66.7 Å². The molecule has 0 bridgehead atoms. The van der Waals surface area contributed by atoms with E-state index >= 15 is 0 Å². The zero-order valence-corrected chi connectivity index (χ0v) is 13.2. The summed E-state index contributed by atoms with van der Waals surface area (Å²) in [4.78, 5) is 14.1. The van der Waals surface area contributed by atoms with Crippen LogP contribution < -0.4 is 0 Å². The van der Waals surface area contributed by atoms with Crippen molar-refractivity contribution in [2.75, 3.05) is 20.6 Å². The monoisotopic (exact) mass is 301 g/mol. The van der Waals surface area contributed by atoms with E-state index in [0.717, 1.165) is 11.1 Å². The molecule has 2 aromatic carbocycles. The lowest BCUT2D eigenvalue weighted by Gasteiger charge is -2.11. The first-order valence-corrected chi connectivity index (χ1v) is 6.60. The Morgan fingerprint density at radius 3 is 2.00 bits per heavy atom. The SMILES string of the molecule is C=C(CN(C)C)C(=O)c1ccc(-c2ccccc2)cc1.Cl. The maximum absolute atomic E-state index is 12.2. The molecular weight excluding hydrogens is 282 g/mol. The van der Waals surface area contributed by atoms with Crippen LogP contribution in [0.2, 0.25) is 0 Å². The number of hydrogen-bond acceptors (Lipinski definition) is 2. The first-order valence-electron chi connectivity index (χ1n) is 6.60. The number of ketones is 1. The maximum atomic E-state index is 12.2. The van der Waals surface area contributed by atoms with E-state index in [4.69, 9.17) is 0 Å². The van der Waals surface area contributed by atoms with Crippen LogP contribution >= 0.6 is 12.4 Å². The molecule has 2 rings (SSSR count). The Balaban J connectivity index is 0.00000220. The molecule has 2 nitrogen and oxygen atoms in total. The van der Waals surface area contributed by atoms with Crippen molar-refractivity contribution in [2.24, 2.45) is 0 Å². The van der Waals surface area contributed by atoms with Gasteiger partial charge in [-0.2, -0.15) is 0 Å². The van der Waals surface area contributed by atoms with Gasteiger partial charge in [0.2, 0.25) is 0 Å². The van der Waals surface area contributed by atoms with E-state index in [1.165, 1.54) is 0 Å². The van der Waals surface area contributed by atoms with Crippen LogP contribution in [-0.2, 0) is 0 Å². The van der Waals surface area contributed by atoms with Crippen molar-refractivity contribution in [1.82, 2.24) is 4.90 Å². The molecule has 0 spiro atoms. The van der Waals surface area contributed by atoms with Crippen molar-refractivity contribution in [3.63, 3.8) is 0 Å². The fourth-order valence-corrected chi connectivity index (χ4v) is 2.10. The summed E-state index contributed by atoms with van der Waals surface area (Å²) in [6.45, 7) is 4.44. The Hall–Kier alpha value is -1.90. The Morgan fingerprint density at radius 2 is 1.48 bits per heavy atom. The van der Waals surface area contributed by atoms with Gasteiger partial charge in [0.1, 0.15) is 0 Å². The van der Waals surface area contributed by atoms with Gasteiger partial charge in [-0.3, -0.25) is 4.79 Å². The minimum absolute atomic E-state index is 0. The van der Waals surface area contributed by atoms with Gasteiger partial charge in [-0.1, -0.05) is 61.2 Å². The Morgan fingerprint density at radius 1 is 0.952 bits per heavy atom. The second kappa shape index (κ2) is 7.77. The van der Waals surface area contributed by atoms with Crippen molar-refractivity contribution in [2.45, 2.75) is 0 Å². The van der Waals surface area contributed by atoms with Gasteiger partial charge in [-0.25, -0.2) is 0 Å². The van der Waals surface area contributed by atoms with Crippen molar-refractivity contribution in [3.05, 3.63) is 72.3 Å². The highest BCUT2D eigenvalue weighted by Crippen LogP contribution is 2.20. The summed E-state index contributed by atoms with van der Waals surface area (Å²) < 4.78 is 0. The predicted molar refractivity (Wildman–Crippen MR) is 91.2 cm³/mol. The summed E-state index contributed by atoms with van der Waals surface area (Å²) in [6, 6.07) is 17.8. The number of Topliss-reactive ketones (excluding diaryl/α,β-unsaturated/α-hetero) is 1. The molecule has 0 heterocycles. The highest BCUT2D eigenvalue weighted by atomic mass is 35.5. The van der Waals surface area contributed by atoms with Crippen molar-refractivity contribution < 1.29 is 4.79 Å². The van der Waals surface area contributed by atoms with Crippen LogP contribution in [0.1, 0.15) is 10.4 Å². The molecule has 0 aliphatic heterocycles. The van der Waals surface area contributed by atoms with Crippen molar-refractivity contribution >= 4 is 18.2 Å². The molecule has 0 saturated heterocycles. The first kappa shape index (κ1) is 17.2. The summed E-state index contributed by atoms with van der Waals surface area (Å²) in [5, 5.41) is 0. The highest BCUT2D eigenvalue weighted by molar-refractivity contribution is 6.08. The van der Waals surface area contributed by atoms with Crippen LogP contribution in [0.4, 0.5) is 0 Å². The molecule has 0 radical (unpaired) electrons. The standard InChI is InChI=1S/C18H19NO.ClH/c1-14(13-19(2)3)18(20)17-11-9-16(10-12-17)15-7-5-4-6-8-15;/h4-12H,1,13H2,2-3H3;1H. The van der Waals surface area contributed by atoms with Gasteiger partial charge < -0.3 is 4.90 Å². The fraction of sp³-hybridized carbons (Fsp3) is 0.167. The molecule has 21 heavy (non-hydrogen) atoms. The van der Waals surface area contributed by atoms with Gasteiger partial charge in [0.15, 0.2) is 5.78 Å². The topological polar surface area (TPSA) is 20.3 Å². The molecule has 2 aromatic rings. The summed E-state index contributed by atoms with van der Waals surface area (Å²) in [5.41, 5.74) is 3.57. The predicted octanol–water partition coefficient (Wildman–Crippen LogP) is 4.08. The van der Waals surface area contributed by atoms with E-state index in [0.29, 0.717) is 17.7 Å². The van der Waals surface area contributed by atoms with E-state index in [-0.39, 0.29) is 18.2 Å². The molecule has 0 saturated carbocycles. The average Bonchev–Trinajstić information content (AvgIpc) is 2.47. The van der Waals surface area contributed by atoms with Crippen molar-refractivity contribution in [3.8, 4) is 11.1 Å². The second-order valence-electron chi connectivity index (χ2n) is 5.11. The third-order valence-electron chi connectivity index (χ3n) is 3.08. The van der Waals surface area contributed by atoms with E-state index in [9.17, 15) is 4.79 Å². The van der Waals surface area contributed by atoms with Gasteiger partial charge in [-0.15, -0.1) is 12.4 Å². The number of rotatable bonds is 5. The number of halogens is 1. The molecule has 0 aromatic heterocycles. The molecule has 0 amide bonds. The Bertz CT molecular complexity index is 603. The highest BCUT2D eigenvalue weighted by Gasteiger charge is 2.10. The van der Waals surface area contributed by atoms with Crippen LogP contribution in [0, 0.1) is 0 Å². The number of benzene rings is 2. The number of carbonyl (C=O) groups is 1. The first-order chi connectivity index (χ1) is 9.58. The second-order valence-corrected chi connectivity index (χ2v) is 5.11. The minimum atomic E-state index is 0. The fourth-order valence-electron chi connectivity index (χ4n) is 2.10. The molecule has 0 N–H and O–H groups in total. The van der Waals surface area contributed by atoms with E-state index in [2.05, 4.69) is 18.7 Å². The average molecular weight is 302 g/mol. The molecule has 0 fully saturated rings. The lowest BCUT2D eigenvalue weighted by atomic mass is 10.00. The van der Waals surface area contributed by atoms with Crippen LogP contribution in [0.25, 0.3) is 11.1 Å². The summed E-state index contributed by atoms with van der Waals surface area (Å²) in [6.07, 6.45) is 0. The maximum Gasteiger partial charge on any atom is 0.189 e. The van der Waals surface area contributed by atoms with Gasteiger partial charge in [0, 0.05) is 17.7 Å². The third-order valence-corrected chi connectivity index (χ3v) is 3.08. The number of carbonyl (C=O) groups excluding carboxylic acids is 1. The molecule has 0 aliphatic rings. The summed E-state index contributed by atoms with van der Waals surface area (Å²) in [5.74, 6) is 0.0123. The van der Waals surface area contributed by atoms with E-state index in [1.54, 1.807) is 0 Å². The van der Waals surface area contributed by atoms with E-state index < -0.39 is 0 Å². The molecule has 110 valence electrons. The quantitative estimate of drug-likeness (QED) is 0.613. The molecule has 3 heteroatoms. The van der Waals surface area contributed by atoms with Crippen LogP contribution in [0.5, 0.6) is 0 Å². The lowest BCUT2D eigenvalue weighted by Crippen LogP contribution is -2.19. The lowest BCUT2D eigenvalue weighted by molar-refractivity contribution is 0.102. The molecule has 0 unspecified atom stereocenters. The normalized spacial score (nSPS) is 10.0. The third kappa shape index (κ3) is 4.55. The number of nitrogens with zero attached hydrogens (tertiary/aromatic N) is 1. The van der Waals surface area contributed by atoms with Gasteiger partial charge >= 0.3 is 0 Å². The largest absolute Gasteiger partial charge is 0.305 e. The van der Waals surface area contributed by atoms with E-state index in [1.807, 2.05) is 61.5 Å². The zero-order chi connectivity index (χ0) is 14.5. The number of hydrogen-bond donors (Lipinski definition) is 0. The van der Waals surface area contributed by atoms with Gasteiger partial charge in [-0.05, 0) is 25.2 Å². The van der Waals surface area contributed by atoms with Crippen molar-refractivity contribution in [1.29, 1.82) is 0 Å². The smallest absolute Gasteiger partial charge is 0.189 e. The van der Waals surface area contributed by atoms with Crippen LogP contribution in [-0.4, -0.2) is 31.3 Å². The molecular formula is C18H20ClNO.